The van der Waals surface area contributed by atoms with Crippen LogP contribution >= 0.6 is 11.6 Å². The zero-order valence-corrected chi connectivity index (χ0v) is 14.2. The maximum Gasteiger partial charge on any atom is 0.252 e. The Balaban J connectivity index is 1.93. The molecular weight excluding hydrogens is 324 g/mol. The van der Waals surface area contributed by atoms with Gasteiger partial charge in [0.2, 0.25) is 10.0 Å². The van der Waals surface area contributed by atoms with Crippen LogP contribution in [0.4, 0.5) is 0 Å². The van der Waals surface area contributed by atoms with Gasteiger partial charge in [0, 0.05) is 19.1 Å². The maximum absolute atomic E-state index is 12.1. The van der Waals surface area contributed by atoms with E-state index in [0.717, 1.165) is 25.7 Å². The molecule has 0 saturated heterocycles. The number of benzene rings is 1. The van der Waals surface area contributed by atoms with Crippen LogP contribution in [-0.2, 0) is 10.0 Å². The molecule has 122 valence electrons. The molecule has 0 aromatic heterocycles. The molecule has 0 radical (unpaired) electrons. The van der Waals surface area contributed by atoms with Crippen LogP contribution in [0.2, 0.25) is 5.02 Å². The lowest BCUT2D eigenvalue weighted by molar-refractivity contribution is 0.0950. The van der Waals surface area contributed by atoms with Gasteiger partial charge < -0.3 is 5.32 Å². The molecular formula is C15H21ClN2O3S. The van der Waals surface area contributed by atoms with Crippen molar-refractivity contribution in [2.24, 2.45) is 0 Å². The first-order valence-electron chi connectivity index (χ1n) is 7.39. The minimum absolute atomic E-state index is 0.0622. The Hall–Kier alpha value is -1.11. The summed E-state index contributed by atoms with van der Waals surface area (Å²) in [7, 11) is -3.26. The molecule has 1 aliphatic carbocycles. The zero-order chi connectivity index (χ0) is 16.2. The second-order valence-corrected chi connectivity index (χ2v) is 7.89. The van der Waals surface area contributed by atoms with E-state index in [1.54, 1.807) is 24.3 Å². The monoisotopic (exact) mass is 344 g/mol. The van der Waals surface area contributed by atoms with Gasteiger partial charge in [0.25, 0.3) is 5.91 Å². The van der Waals surface area contributed by atoms with E-state index in [2.05, 4.69) is 5.32 Å². The molecule has 0 spiro atoms. The fraction of sp³-hybridized carbons (Fsp3) is 0.533. The first kappa shape index (κ1) is 17.2. The smallest absolute Gasteiger partial charge is 0.252 e. The van der Waals surface area contributed by atoms with E-state index in [9.17, 15) is 13.2 Å². The maximum atomic E-state index is 12.1. The molecule has 1 amide bonds. The molecule has 1 fully saturated rings. The van der Waals surface area contributed by atoms with Gasteiger partial charge in [0.05, 0.1) is 16.8 Å². The number of hydrogen-bond donors (Lipinski definition) is 1. The van der Waals surface area contributed by atoms with Crippen molar-refractivity contribution < 1.29 is 13.2 Å². The highest BCUT2D eigenvalue weighted by molar-refractivity contribution is 7.88. The highest BCUT2D eigenvalue weighted by atomic mass is 35.5. The molecule has 0 bridgehead atoms. The van der Waals surface area contributed by atoms with Crippen molar-refractivity contribution in [2.75, 3.05) is 19.3 Å². The molecule has 1 aliphatic rings. The number of sulfonamides is 1. The van der Waals surface area contributed by atoms with E-state index in [-0.39, 0.29) is 18.5 Å². The Morgan fingerprint density at radius 2 is 1.95 bits per heavy atom. The molecule has 5 nitrogen and oxygen atoms in total. The van der Waals surface area contributed by atoms with Crippen LogP contribution in [0, 0.1) is 0 Å². The van der Waals surface area contributed by atoms with Crippen molar-refractivity contribution in [1.82, 2.24) is 9.62 Å². The molecule has 7 heteroatoms. The Morgan fingerprint density at radius 3 is 2.55 bits per heavy atom. The van der Waals surface area contributed by atoms with Gasteiger partial charge in [0.15, 0.2) is 0 Å². The molecule has 1 saturated carbocycles. The summed E-state index contributed by atoms with van der Waals surface area (Å²) in [4.78, 5) is 12.1. The predicted molar refractivity (Wildman–Crippen MR) is 87.6 cm³/mol. The van der Waals surface area contributed by atoms with Gasteiger partial charge in [-0.2, -0.15) is 4.31 Å². The summed E-state index contributed by atoms with van der Waals surface area (Å²) in [5, 5.41) is 3.12. The zero-order valence-electron chi connectivity index (χ0n) is 12.6. The van der Waals surface area contributed by atoms with Gasteiger partial charge in [-0.1, -0.05) is 36.6 Å². The normalized spacial score (nSPS) is 16.1. The predicted octanol–water partition coefficient (Wildman–Crippen LogP) is 2.27. The van der Waals surface area contributed by atoms with Gasteiger partial charge in [-0.05, 0) is 25.0 Å². The van der Waals surface area contributed by atoms with Crippen molar-refractivity contribution in [3.63, 3.8) is 0 Å². The number of carbonyl (C=O) groups excluding carboxylic acids is 1. The summed E-state index contributed by atoms with van der Waals surface area (Å²) in [6.45, 7) is 0.563. The number of halogens is 1. The molecule has 2 rings (SSSR count). The quantitative estimate of drug-likeness (QED) is 0.860. The summed E-state index contributed by atoms with van der Waals surface area (Å²) >= 11 is 5.97. The Morgan fingerprint density at radius 1 is 1.32 bits per heavy atom. The fourth-order valence-corrected chi connectivity index (χ4v) is 4.23. The van der Waals surface area contributed by atoms with Gasteiger partial charge in [-0.25, -0.2) is 8.42 Å². The Kier molecular flexibility index (Phi) is 5.83. The molecule has 0 atom stereocenters. The number of hydrogen-bond acceptors (Lipinski definition) is 3. The van der Waals surface area contributed by atoms with E-state index in [1.165, 1.54) is 10.6 Å². The SMILES string of the molecule is CS(=O)(=O)N(CCNC(=O)c1ccccc1Cl)C1CCCC1. The van der Waals surface area contributed by atoms with Crippen LogP contribution in [0.1, 0.15) is 36.0 Å². The summed E-state index contributed by atoms with van der Waals surface area (Å²) in [6.07, 6.45) is 5.13. The summed E-state index contributed by atoms with van der Waals surface area (Å²) in [5.74, 6) is -0.287. The average Bonchev–Trinajstić information content (AvgIpc) is 2.96. The lowest BCUT2D eigenvalue weighted by Crippen LogP contribution is -2.43. The van der Waals surface area contributed by atoms with E-state index in [0.29, 0.717) is 17.1 Å². The van der Waals surface area contributed by atoms with Crippen molar-refractivity contribution in [2.45, 2.75) is 31.7 Å². The lowest BCUT2D eigenvalue weighted by atomic mass is 10.2. The number of amides is 1. The highest BCUT2D eigenvalue weighted by Crippen LogP contribution is 2.24. The highest BCUT2D eigenvalue weighted by Gasteiger charge is 2.28. The fourth-order valence-electron chi connectivity index (χ4n) is 2.83. The van der Waals surface area contributed by atoms with Gasteiger partial charge >= 0.3 is 0 Å². The summed E-state index contributed by atoms with van der Waals surface area (Å²) < 4.78 is 25.3. The van der Waals surface area contributed by atoms with E-state index in [4.69, 9.17) is 11.6 Å². The lowest BCUT2D eigenvalue weighted by Gasteiger charge is -2.26. The number of carbonyl (C=O) groups is 1. The van der Waals surface area contributed by atoms with Crippen molar-refractivity contribution >= 4 is 27.5 Å². The largest absolute Gasteiger partial charge is 0.351 e. The number of nitrogens with zero attached hydrogens (tertiary/aromatic N) is 1. The second kappa shape index (κ2) is 7.44. The van der Waals surface area contributed by atoms with Gasteiger partial charge in [0.1, 0.15) is 0 Å². The third-order valence-electron chi connectivity index (χ3n) is 3.89. The van der Waals surface area contributed by atoms with Crippen LogP contribution in [0.3, 0.4) is 0 Å². The van der Waals surface area contributed by atoms with Crippen LogP contribution in [0.25, 0.3) is 0 Å². The molecule has 0 aliphatic heterocycles. The van der Waals surface area contributed by atoms with Crippen LogP contribution in [0.15, 0.2) is 24.3 Å². The van der Waals surface area contributed by atoms with Crippen LogP contribution in [-0.4, -0.2) is 44.0 Å². The Labute approximate surface area is 136 Å². The molecule has 0 heterocycles. The number of rotatable bonds is 6. The van der Waals surface area contributed by atoms with Gasteiger partial charge in [-0.3, -0.25) is 4.79 Å². The standard InChI is InChI=1S/C15H21ClN2O3S/c1-22(20,21)18(12-6-2-3-7-12)11-10-17-15(19)13-8-4-5-9-14(13)16/h4-5,8-9,12H,2-3,6-7,10-11H2,1H3,(H,17,19). The third kappa shape index (κ3) is 4.44. The topological polar surface area (TPSA) is 66.5 Å². The van der Waals surface area contributed by atoms with Crippen molar-refractivity contribution in [3.05, 3.63) is 34.9 Å². The first-order valence-corrected chi connectivity index (χ1v) is 9.62. The molecule has 0 unspecified atom stereocenters. The first-order chi connectivity index (χ1) is 10.4. The second-order valence-electron chi connectivity index (χ2n) is 5.55. The van der Waals surface area contributed by atoms with E-state index < -0.39 is 10.0 Å². The van der Waals surface area contributed by atoms with Crippen LogP contribution < -0.4 is 5.32 Å². The minimum atomic E-state index is -3.26. The van der Waals surface area contributed by atoms with E-state index >= 15 is 0 Å². The molecule has 22 heavy (non-hydrogen) atoms. The van der Waals surface area contributed by atoms with Crippen molar-refractivity contribution in [3.8, 4) is 0 Å². The average molecular weight is 345 g/mol. The van der Waals surface area contributed by atoms with Crippen molar-refractivity contribution in [1.29, 1.82) is 0 Å². The minimum Gasteiger partial charge on any atom is -0.351 e. The summed E-state index contributed by atoms with van der Waals surface area (Å²) in [6, 6.07) is 6.85. The molecule has 1 aromatic carbocycles. The number of nitrogens with one attached hydrogen (secondary N) is 1. The van der Waals surface area contributed by atoms with E-state index in [1.807, 2.05) is 0 Å². The van der Waals surface area contributed by atoms with Gasteiger partial charge in [-0.15, -0.1) is 0 Å². The molecule has 1 N–H and O–H groups in total. The summed E-state index contributed by atoms with van der Waals surface area (Å²) in [5.41, 5.74) is 0.399. The molecule has 1 aromatic rings. The third-order valence-corrected chi connectivity index (χ3v) is 5.56. The Bertz CT molecular complexity index is 627. The van der Waals surface area contributed by atoms with Crippen LogP contribution in [0.5, 0.6) is 0 Å².